The Kier molecular flexibility index (Phi) is 15.7. The van der Waals surface area contributed by atoms with Gasteiger partial charge in [0.1, 0.15) is 0 Å². The highest BCUT2D eigenvalue weighted by atomic mass is 16.5. The third-order valence-electron chi connectivity index (χ3n) is 7.17. The largest absolute Gasteiger partial charge is 0.373 e. The molecule has 0 spiro atoms. The fourth-order valence-electron chi connectivity index (χ4n) is 4.47. The Labute approximate surface area is 201 Å². The number of unbranched alkanes of at least 4 members (excludes halogenated alkanes) is 3. The van der Waals surface area contributed by atoms with E-state index in [0.717, 1.165) is 18.9 Å². The molecule has 184 valence electrons. The number of hydrogen-bond donors (Lipinski definition) is 0. The molecule has 0 saturated heterocycles. The Morgan fingerprint density at radius 3 is 2.34 bits per heavy atom. The zero-order valence-corrected chi connectivity index (χ0v) is 22.6. The maximum absolute atomic E-state index is 6.32. The molecule has 3 unspecified atom stereocenters. The van der Waals surface area contributed by atoms with E-state index in [1.807, 2.05) is 0 Å². The van der Waals surface area contributed by atoms with Crippen LogP contribution >= 0.6 is 0 Å². The van der Waals surface area contributed by atoms with E-state index in [-0.39, 0.29) is 0 Å². The number of rotatable bonds is 17. The van der Waals surface area contributed by atoms with Gasteiger partial charge in [-0.1, -0.05) is 94.4 Å². The number of hydrogen-bond acceptors (Lipinski definition) is 1. The molecule has 0 N–H and O–H groups in total. The van der Waals surface area contributed by atoms with E-state index in [4.69, 9.17) is 4.74 Å². The third kappa shape index (κ3) is 12.2. The molecule has 1 nitrogen and oxygen atoms in total. The molecular weight excluding hydrogens is 388 g/mol. The molecule has 0 amide bonds. The second kappa shape index (κ2) is 17.4. The van der Waals surface area contributed by atoms with Gasteiger partial charge in [0, 0.05) is 12.5 Å². The molecule has 1 heteroatoms. The highest BCUT2D eigenvalue weighted by molar-refractivity contribution is 5.29. The molecule has 32 heavy (non-hydrogen) atoms. The van der Waals surface area contributed by atoms with Gasteiger partial charge in [-0.05, 0) is 83.6 Å². The van der Waals surface area contributed by atoms with Crippen LogP contribution in [0.15, 0.2) is 46.6 Å². The summed E-state index contributed by atoms with van der Waals surface area (Å²) in [6, 6.07) is 0. The van der Waals surface area contributed by atoms with Crippen LogP contribution in [0.1, 0.15) is 126 Å². The van der Waals surface area contributed by atoms with Crippen LogP contribution in [0, 0.1) is 11.8 Å². The molecule has 0 heterocycles. The first-order valence-corrected chi connectivity index (χ1v) is 13.7. The van der Waals surface area contributed by atoms with Crippen LogP contribution in [0.3, 0.4) is 0 Å². The molecule has 0 aromatic heterocycles. The van der Waals surface area contributed by atoms with E-state index >= 15 is 0 Å². The van der Waals surface area contributed by atoms with Gasteiger partial charge in [0.2, 0.25) is 0 Å². The van der Waals surface area contributed by atoms with Gasteiger partial charge in [-0.2, -0.15) is 0 Å². The highest BCUT2D eigenvalue weighted by Crippen LogP contribution is 2.32. The van der Waals surface area contributed by atoms with E-state index in [2.05, 4.69) is 72.8 Å². The van der Waals surface area contributed by atoms with Crippen molar-refractivity contribution in [2.75, 3.05) is 6.61 Å². The lowest BCUT2D eigenvalue weighted by Gasteiger charge is -2.31. The van der Waals surface area contributed by atoms with Gasteiger partial charge < -0.3 is 4.74 Å². The SMILES string of the molecule is CCCCC=C(C)CCC=C(C)CCCC(C)CCC1=CC=C(C)C(C)C1OCCCC. The van der Waals surface area contributed by atoms with Gasteiger partial charge in [-0.25, -0.2) is 0 Å². The van der Waals surface area contributed by atoms with Crippen molar-refractivity contribution in [3.05, 3.63) is 46.6 Å². The molecule has 0 fully saturated rings. The van der Waals surface area contributed by atoms with Crippen LogP contribution < -0.4 is 0 Å². The van der Waals surface area contributed by atoms with Gasteiger partial charge >= 0.3 is 0 Å². The zero-order valence-electron chi connectivity index (χ0n) is 22.6. The molecule has 0 saturated carbocycles. The second-order valence-corrected chi connectivity index (χ2v) is 10.4. The van der Waals surface area contributed by atoms with Crippen LogP contribution in [-0.4, -0.2) is 12.7 Å². The first-order valence-electron chi connectivity index (χ1n) is 13.7. The molecular formula is C31H54O. The van der Waals surface area contributed by atoms with Crippen LogP contribution in [0.25, 0.3) is 0 Å². The van der Waals surface area contributed by atoms with Crippen molar-refractivity contribution in [2.45, 2.75) is 132 Å². The summed E-state index contributed by atoms with van der Waals surface area (Å²) in [6.45, 7) is 17.0. The summed E-state index contributed by atoms with van der Waals surface area (Å²) in [5, 5.41) is 0. The van der Waals surface area contributed by atoms with Crippen LogP contribution in [-0.2, 0) is 4.74 Å². The summed E-state index contributed by atoms with van der Waals surface area (Å²) >= 11 is 0. The van der Waals surface area contributed by atoms with Gasteiger partial charge in [0.15, 0.2) is 0 Å². The highest BCUT2D eigenvalue weighted by Gasteiger charge is 2.26. The monoisotopic (exact) mass is 442 g/mol. The van der Waals surface area contributed by atoms with Crippen LogP contribution in [0.4, 0.5) is 0 Å². The second-order valence-electron chi connectivity index (χ2n) is 10.4. The standard InChI is InChI=1S/C31H54O/c1-8-10-12-15-25(3)16-13-17-26(4)18-14-19-27(5)20-22-30-23-21-28(6)29(7)31(30)32-24-11-9-2/h15,17,21,23,27,29,31H,8-14,16,18-20,22,24H2,1-7H3. The predicted octanol–water partition coefficient (Wildman–Crippen LogP) is 10.1. The number of ether oxygens (including phenoxy) is 1. The van der Waals surface area contributed by atoms with E-state index < -0.39 is 0 Å². The maximum Gasteiger partial charge on any atom is 0.0850 e. The Hall–Kier alpha value is -1.08. The van der Waals surface area contributed by atoms with Crippen molar-refractivity contribution in [3.63, 3.8) is 0 Å². The Bertz CT molecular complexity index is 618. The van der Waals surface area contributed by atoms with Gasteiger partial charge in [-0.15, -0.1) is 0 Å². The normalized spacial score (nSPS) is 20.8. The molecule has 0 radical (unpaired) electrons. The fraction of sp³-hybridized carbons (Fsp3) is 0.742. The molecule has 0 aromatic rings. The van der Waals surface area contributed by atoms with Crippen molar-refractivity contribution in [3.8, 4) is 0 Å². The van der Waals surface area contributed by atoms with Gasteiger partial charge in [0.05, 0.1) is 6.10 Å². The van der Waals surface area contributed by atoms with Crippen molar-refractivity contribution < 1.29 is 4.74 Å². The van der Waals surface area contributed by atoms with Crippen LogP contribution in [0.5, 0.6) is 0 Å². The molecule has 3 atom stereocenters. The first kappa shape index (κ1) is 29.0. The lowest BCUT2D eigenvalue weighted by Crippen LogP contribution is -2.28. The Morgan fingerprint density at radius 1 is 0.938 bits per heavy atom. The van der Waals surface area contributed by atoms with Crippen molar-refractivity contribution in [2.24, 2.45) is 11.8 Å². The van der Waals surface area contributed by atoms with Crippen molar-refractivity contribution >= 4 is 0 Å². The summed E-state index contributed by atoms with van der Waals surface area (Å²) in [4.78, 5) is 0. The third-order valence-corrected chi connectivity index (χ3v) is 7.17. The van der Waals surface area contributed by atoms with E-state index in [1.54, 1.807) is 11.1 Å². The summed E-state index contributed by atoms with van der Waals surface area (Å²) in [6.07, 6.45) is 24.9. The van der Waals surface area contributed by atoms with E-state index in [1.165, 1.54) is 81.8 Å². The quantitative estimate of drug-likeness (QED) is 0.161. The summed E-state index contributed by atoms with van der Waals surface area (Å²) in [7, 11) is 0. The molecule has 0 aliphatic heterocycles. The van der Waals surface area contributed by atoms with Gasteiger partial charge in [0.25, 0.3) is 0 Å². The predicted molar refractivity (Wildman–Crippen MR) is 144 cm³/mol. The lowest BCUT2D eigenvalue weighted by atomic mass is 9.83. The first-order chi connectivity index (χ1) is 15.4. The molecule has 1 rings (SSSR count). The minimum absolute atomic E-state index is 0.295. The zero-order chi connectivity index (χ0) is 23.8. The van der Waals surface area contributed by atoms with Crippen LogP contribution in [0.2, 0.25) is 0 Å². The Balaban J connectivity index is 2.33. The molecule has 1 aliphatic carbocycles. The smallest absolute Gasteiger partial charge is 0.0850 e. The minimum atomic E-state index is 0.295. The van der Waals surface area contributed by atoms with E-state index in [0.29, 0.717) is 12.0 Å². The van der Waals surface area contributed by atoms with E-state index in [9.17, 15) is 0 Å². The Morgan fingerprint density at radius 2 is 1.62 bits per heavy atom. The summed E-state index contributed by atoms with van der Waals surface area (Å²) < 4.78 is 6.32. The molecule has 0 aromatic carbocycles. The number of allylic oxidation sites excluding steroid dienone is 6. The lowest BCUT2D eigenvalue weighted by molar-refractivity contribution is 0.0461. The fourth-order valence-corrected chi connectivity index (χ4v) is 4.47. The summed E-state index contributed by atoms with van der Waals surface area (Å²) in [5.74, 6) is 1.30. The minimum Gasteiger partial charge on any atom is -0.373 e. The van der Waals surface area contributed by atoms with Crippen molar-refractivity contribution in [1.29, 1.82) is 0 Å². The van der Waals surface area contributed by atoms with Crippen molar-refractivity contribution in [1.82, 2.24) is 0 Å². The topological polar surface area (TPSA) is 9.23 Å². The average molecular weight is 443 g/mol. The maximum atomic E-state index is 6.32. The molecule has 1 aliphatic rings. The average Bonchev–Trinajstić information content (AvgIpc) is 2.76. The molecule has 0 bridgehead atoms. The van der Waals surface area contributed by atoms with Gasteiger partial charge in [-0.3, -0.25) is 0 Å². The summed E-state index contributed by atoms with van der Waals surface area (Å²) in [5.41, 5.74) is 6.11.